The highest BCUT2D eigenvalue weighted by molar-refractivity contribution is 5.85. The number of nitrogens with zero attached hydrogens (tertiary/aromatic N) is 1. The first kappa shape index (κ1) is 13.3. The van der Waals surface area contributed by atoms with Crippen LogP contribution < -0.4 is 10.0 Å². The Morgan fingerprint density at radius 3 is 2.78 bits per heavy atom. The van der Waals surface area contributed by atoms with Gasteiger partial charge in [0, 0.05) is 37.8 Å². The molecule has 0 unspecified atom stereocenters. The maximum atomic E-state index is 11.6. The summed E-state index contributed by atoms with van der Waals surface area (Å²) in [7, 11) is 0. The highest BCUT2D eigenvalue weighted by atomic mass is 16.5. The quantitative estimate of drug-likeness (QED) is 0.565. The van der Waals surface area contributed by atoms with Crippen molar-refractivity contribution < 1.29 is 24.3 Å². The lowest BCUT2D eigenvalue weighted by Gasteiger charge is -2.24. The Morgan fingerprint density at radius 2 is 2.17 bits per heavy atom. The van der Waals surface area contributed by atoms with E-state index < -0.39 is 11.9 Å². The lowest BCUT2D eigenvalue weighted by atomic mass is 10.1. The zero-order chi connectivity index (χ0) is 13.0. The molecule has 0 aromatic rings. The zero-order valence-corrected chi connectivity index (χ0v) is 10.5. The van der Waals surface area contributed by atoms with E-state index in [0.717, 1.165) is 39.3 Å². The molecule has 2 fully saturated rings. The molecule has 0 saturated carbocycles. The maximum absolute atomic E-state index is 11.6. The number of quaternary nitrogens is 1. The van der Waals surface area contributed by atoms with Crippen LogP contribution in [0.25, 0.3) is 0 Å². The standard InChI is InChI=1S/C12H20N2O4/c15-11-8-10(12(16)17)9-14(11)3-1-2-13-4-6-18-7-5-13/h10H,1-9H2,(H,16,17)/t10-/m0/s1. The van der Waals surface area contributed by atoms with Gasteiger partial charge in [-0.25, -0.2) is 0 Å². The molecule has 6 nitrogen and oxygen atoms in total. The topological polar surface area (TPSA) is 74.1 Å². The van der Waals surface area contributed by atoms with Crippen molar-refractivity contribution in [3.05, 3.63) is 0 Å². The van der Waals surface area contributed by atoms with E-state index in [1.807, 2.05) is 0 Å². The van der Waals surface area contributed by atoms with Gasteiger partial charge in [-0.1, -0.05) is 0 Å². The van der Waals surface area contributed by atoms with Gasteiger partial charge in [0.2, 0.25) is 5.91 Å². The lowest BCUT2D eigenvalue weighted by molar-refractivity contribution is -0.908. The third-order valence-electron chi connectivity index (χ3n) is 3.71. The molecule has 0 aliphatic carbocycles. The summed E-state index contributed by atoms with van der Waals surface area (Å²) in [5.74, 6) is -1.78. The maximum Gasteiger partial charge on any atom is 0.223 e. The molecule has 0 radical (unpaired) electrons. The van der Waals surface area contributed by atoms with Crippen LogP contribution >= 0.6 is 0 Å². The summed E-state index contributed by atoms with van der Waals surface area (Å²) in [6, 6.07) is 0. The Kier molecular flexibility index (Phi) is 4.54. The van der Waals surface area contributed by atoms with Crippen LogP contribution in [0.5, 0.6) is 0 Å². The summed E-state index contributed by atoms with van der Waals surface area (Å²) in [6.45, 7) is 5.66. The average molecular weight is 256 g/mol. The molecule has 2 aliphatic rings. The Labute approximate surface area is 106 Å². The molecule has 102 valence electrons. The van der Waals surface area contributed by atoms with Crippen LogP contribution in [-0.4, -0.2) is 62.7 Å². The van der Waals surface area contributed by atoms with Crippen LogP contribution in [0.15, 0.2) is 0 Å². The molecule has 18 heavy (non-hydrogen) atoms. The fourth-order valence-corrected chi connectivity index (χ4v) is 2.58. The summed E-state index contributed by atoms with van der Waals surface area (Å²) in [6.07, 6.45) is 1.02. The minimum Gasteiger partial charge on any atom is -0.550 e. The first-order valence-electron chi connectivity index (χ1n) is 6.57. The summed E-state index contributed by atoms with van der Waals surface area (Å²) < 4.78 is 5.28. The molecule has 1 N–H and O–H groups in total. The van der Waals surface area contributed by atoms with Crippen molar-refractivity contribution >= 4 is 11.9 Å². The Hall–Kier alpha value is -1.14. The molecule has 2 saturated heterocycles. The van der Waals surface area contributed by atoms with Gasteiger partial charge in [0.15, 0.2) is 0 Å². The highest BCUT2D eigenvalue weighted by Crippen LogP contribution is 2.16. The van der Waals surface area contributed by atoms with Gasteiger partial charge in [0.25, 0.3) is 0 Å². The SMILES string of the molecule is O=C([O-])[C@H]1CC(=O)N(CCC[NH+]2CCOCC2)C1. The molecule has 1 amide bonds. The van der Waals surface area contributed by atoms with E-state index in [1.54, 1.807) is 4.90 Å². The first-order chi connectivity index (χ1) is 8.66. The Bertz CT molecular complexity index is 315. The molecule has 0 aromatic carbocycles. The zero-order valence-electron chi connectivity index (χ0n) is 10.5. The number of morpholine rings is 1. The van der Waals surface area contributed by atoms with Crippen molar-refractivity contribution in [1.29, 1.82) is 0 Å². The predicted molar refractivity (Wildman–Crippen MR) is 60.7 cm³/mol. The summed E-state index contributed by atoms with van der Waals surface area (Å²) in [5, 5.41) is 10.7. The van der Waals surface area contributed by atoms with Crippen LogP contribution in [-0.2, 0) is 14.3 Å². The highest BCUT2D eigenvalue weighted by Gasteiger charge is 2.30. The number of amides is 1. The largest absolute Gasteiger partial charge is 0.550 e. The lowest BCUT2D eigenvalue weighted by Crippen LogP contribution is -3.14. The molecular formula is C12H20N2O4. The normalized spacial score (nSPS) is 25.7. The molecular weight excluding hydrogens is 236 g/mol. The van der Waals surface area contributed by atoms with Crippen LogP contribution in [0.3, 0.4) is 0 Å². The van der Waals surface area contributed by atoms with E-state index in [-0.39, 0.29) is 12.3 Å². The monoisotopic (exact) mass is 256 g/mol. The number of carbonyl (C=O) groups excluding carboxylic acids is 2. The average Bonchev–Trinajstić information content (AvgIpc) is 2.73. The van der Waals surface area contributed by atoms with Gasteiger partial charge in [-0.05, 0) is 0 Å². The number of rotatable bonds is 5. The second-order valence-electron chi connectivity index (χ2n) is 5.03. The molecule has 0 bridgehead atoms. The molecule has 2 aliphatic heterocycles. The molecule has 1 atom stereocenters. The van der Waals surface area contributed by atoms with E-state index in [9.17, 15) is 14.7 Å². The predicted octanol–water partition coefficient (Wildman–Crippen LogP) is -3.11. The van der Waals surface area contributed by atoms with E-state index in [1.165, 1.54) is 4.90 Å². The fraction of sp³-hybridized carbons (Fsp3) is 0.833. The number of ether oxygens (including phenoxy) is 1. The van der Waals surface area contributed by atoms with Crippen LogP contribution in [0.4, 0.5) is 0 Å². The molecule has 2 rings (SSSR count). The van der Waals surface area contributed by atoms with Crippen molar-refractivity contribution in [2.45, 2.75) is 12.8 Å². The number of carboxylic acid groups (broad SMARTS) is 1. The third kappa shape index (κ3) is 3.43. The van der Waals surface area contributed by atoms with Crippen molar-refractivity contribution in [2.24, 2.45) is 5.92 Å². The number of hydrogen-bond acceptors (Lipinski definition) is 4. The van der Waals surface area contributed by atoms with Gasteiger partial charge in [0.1, 0.15) is 13.1 Å². The summed E-state index contributed by atoms with van der Waals surface area (Å²) in [5.41, 5.74) is 0. The van der Waals surface area contributed by atoms with Gasteiger partial charge in [-0.3, -0.25) is 4.79 Å². The van der Waals surface area contributed by atoms with Crippen LogP contribution in [0.2, 0.25) is 0 Å². The van der Waals surface area contributed by atoms with Gasteiger partial charge in [-0.2, -0.15) is 0 Å². The number of carbonyl (C=O) groups is 2. The summed E-state index contributed by atoms with van der Waals surface area (Å²) >= 11 is 0. The Morgan fingerprint density at radius 1 is 1.44 bits per heavy atom. The van der Waals surface area contributed by atoms with Gasteiger partial charge >= 0.3 is 0 Å². The van der Waals surface area contributed by atoms with Crippen molar-refractivity contribution in [2.75, 3.05) is 45.9 Å². The third-order valence-corrected chi connectivity index (χ3v) is 3.71. The number of likely N-dealkylation sites (tertiary alicyclic amines) is 1. The van der Waals surface area contributed by atoms with Gasteiger partial charge in [0.05, 0.1) is 19.8 Å². The van der Waals surface area contributed by atoms with E-state index in [0.29, 0.717) is 13.1 Å². The van der Waals surface area contributed by atoms with E-state index >= 15 is 0 Å². The minimum absolute atomic E-state index is 0.0545. The number of carboxylic acids is 1. The van der Waals surface area contributed by atoms with Gasteiger partial charge in [-0.15, -0.1) is 0 Å². The fourth-order valence-electron chi connectivity index (χ4n) is 2.58. The minimum atomic E-state index is -1.11. The van der Waals surface area contributed by atoms with Crippen molar-refractivity contribution in [3.63, 3.8) is 0 Å². The van der Waals surface area contributed by atoms with Crippen LogP contribution in [0, 0.1) is 5.92 Å². The van der Waals surface area contributed by atoms with Gasteiger partial charge < -0.3 is 24.4 Å². The smallest absolute Gasteiger partial charge is 0.223 e. The van der Waals surface area contributed by atoms with Crippen LogP contribution in [0.1, 0.15) is 12.8 Å². The number of nitrogens with one attached hydrogen (secondary N) is 1. The molecule has 0 aromatic heterocycles. The number of hydrogen-bond donors (Lipinski definition) is 1. The number of aliphatic carboxylic acids is 1. The Balaban J connectivity index is 1.67. The molecule has 6 heteroatoms. The molecule has 0 spiro atoms. The van der Waals surface area contributed by atoms with E-state index in [4.69, 9.17) is 4.74 Å². The first-order valence-corrected chi connectivity index (χ1v) is 6.57. The van der Waals surface area contributed by atoms with Crippen molar-refractivity contribution in [1.82, 2.24) is 4.90 Å². The molecule has 2 heterocycles. The summed E-state index contributed by atoms with van der Waals surface area (Å²) in [4.78, 5) is 25.4. The second-order valence-corrected chi connectivity index (χ2v) is 5.03. The van der Waals surface area contributed by atoms with Crippen molar-refractivity contribution in [3.8, 4) is 0 Å². The van der Waals surface area contributed by atoms with E-state index in [2.05, 4.69) is 0 Å². The second kappa shape index (κ2) is 6.15.